The van der Waals surface area contributed by atoms with Gasteiger partial charge in [0.15, 0.2) is 6.29 Å². The van der Waals surface area contributed by atoms with Crippen molar-refractivity contribution >= 4 is 29.1 Å². The third-order valence-corrected chi connectivity index (χ3v) is 2.06. The Balaban J connectivity index is 2.57. The van der Waals surface area contributed by atoms with Crippen molar-refractivity contribution in [2.75, 3.05) is 0 Å². The second kappa shape index (κ2) is 3.76. The smallest absolute Gasteiger partial charge is 0.161 e. The number of nitrogens with zero attached hydrogens (tertiary/aromatic N) is 2. The summed E-state index contributed by atoms with van der Waals surface area (Å²) in [6, 6.07) is 7.33. The summed E-state index contributed by atoms with van der Waals surface area (Å²) in [7, 11) is 0. The molecule has 1 aromatic carbocycles. The minimum absolute atomic E-state index is 0.593. The second-order valence-corrected chi connectivity index (χ2v) is 2.96. The van der Waals surface area contributed by atoms with E-state index in [0.717, 1.165) is 10.9 Å². The summed E-state index contributed by atoms with van der Waals surface area (Å²) in [5, 5.41) is 9.60. The van der Waals surface area contributed by atoms with Crippen LogP contribution in [0.2, 0.25) is 0 Å². The van der Waals surface area contributed by atoms with Crippen molar-refractivity contribution in [2.45, 2.75) is 0 Å². The highest BCUT2D eigenvalue weighted by atomic mass is 16.1. The van der Waals surface area contributed by atoms with Crippen LogP contribution in [0.15, 0.2) is 29.4 Å². The van der Waals surface area contributed by atoms with Crippen molar-refractivity contribution in [3.05, 3.63) is 30.0 Å². The molecular formula is C11H7N3O. The van der Waals surface area contributed by atoms with Gasteiger partial charge in [-0.3, -0.25) is 9.79 Å². The standard InChI is InChI=1S/C11H7N3O/c12-6-8-1-2-9-10(5-8)14-7-11(9)13-3-4-15/h1-5,7,14H. The SMILES string of the molecule is N#Cc1ccc2c(N=CC=O)c[nH]c2c1. The molecule has 0 fully saturated rings. The van der Waals surface area contributed by atoms with E-state index < -0.39 is 0 Å². The summed E-state index contributed by atoms with van der Waals surface area (Å²) < 4.78 is 0. The summed E-state index contributed by atoms with van der Waals surface area (Å²) in [5.41, 5.74) is 2.13. The number of hydrogen-bond acceptors (Lipinski definition) is 3. The lowest BCUT2D eigenvalue weighted by Crippen LogP contribution is -1.74. The summed E-state index contributed by atoms with van der Waals surface area (Å²) in [6.45, 7) is 0. The van der Waals surface area contributed by atoms with Crippen LogP contribution in [0.5, 0.6) is 0 Å². The predicted molar refractivity (Wildman–Crippen MR) is 57.2 cm³/mol. The number of rotatable bonds is 2. The van der Waals surface area contributed by atoms with E-state index in [9.17, 15) is 4.79 Å². The summed E-state index contributed by atoms with van der Waals surface area (Å²) in [6.07, 6.45) is 3.52. The third-order valence-electron chi connectivity index (χ3n) is 2.06. The van der Waals surface area contributed by atoms with Gasteiger partial charge in [0.2, 0.25) is 0 Å². The summed E-state index contributed by atoms with van der Waals surface area (Å²) in [4.78, 5) is 17.1. The molecule has 2 rings (SSSR count). The predicted octanol–water partition coefficient (Wildman–Crippen LogP) is 1.94. The molecule has 1 N–H and O–H groups in total. The molecule has 0 unspecified atom stereocenters. The first-order valence-corrected chi connectivity index (χ1v) is 4.34. The van der Waals surface area contributed by atoms with E-state index in [1.54, 1.807) is 18.3 Å². The van der Waals surface area contributed by atoms with Crippen LogP contribution in [0.1, 0.15) is 5.56 Å². The first-order chi connectivity index (χ1) is 7.35. The Morgan fingerprint density at radius 1 is 1.47 bits per heavy atom. The van der Waals surface area contributed by atoms with E-state index >= 15 is 0 Å². The molecule has 0 aliphatic carbocycles. The van der Waals surface area contributed by atoms with Crippen molar-refractivity contribution in [3.63, 3.8) is 0 Å². The topological polar surface area (TPSA) is 69.0 Å². The van der Waals surface area contributed by atoms with Crippen LogP contribution in [0, 0.1) is 11.3 Å². The van der Waals surface area contributed by atoms with Crippen molar-refractivity contribution < 1.29 is 4.79 Å². The van der Waals surface area contributed by atoms with Gasteiger partial charge in [0.1, 0.15) is 0 Å². The Hall–Kier alpha value is -2.41. The number of nitriles is 1. The number of aldehydes is 1. The molecule has 4 heteroatoms. The summed E-state index contributed by atoms with van der Waals surface area (Å²) in [5.74, 6) is 0. The zero-order valence-corrected chi connectivity index (χ0v) is 7.77. The Bertz CT molecular complexity index is 575. The number of aromatic nitrogens is 1. The molecular weight excluding hydrogens is 190 g/mol. The number of benzene rings is 1. The monoisotopic (exact) mass is 197 g/mol. The van der Waals surface area contributed by atoms with Gasteiger partial charge >= 0.3 is 0 Å². The van der Waals surface area contributed by atoms with Crippen LogP contribution < -0.4 is 0 Å². The summed E-state index contributed by atoms with van der Waals surface area (Å²) >= 11 is 0. The molecule has 0 amide bonds. The maximum Gasteiger partial charge on any atom is 0.161 e. The van der Waals surface area contributed by atoms with Crippen LogP contribution in [0.3, 0.4) is 0 Å². The van der Waals surface area contributed by atoms with Gasteiger partial charge in [-0.15, -0.1) is 0 Å². The molecule has 0 saturated carbocycles. The number of carbonyl (C=O) groups is 1. The maximum atomic E-state index is 10.1. The quantitative estimate of drug-likeness (QED) is 0.590. The van der Waals surface area contributed by atoms with E-state index in [-0.39, 0.29) is 0 Å². The fourth-order valence-electron chi connectivity index (χ4n) is 1.40. The van der Waals surface area contributed by atoms with Crippen molar-refractivity contribution in [1.29, 1.82) is 5.26 Å². The Labute approximate surface area is 85.9 Å². The molecule has 2 aromatic rings. The van der Waals surface area contributed by atoms with E-state index in [1.165, 1.54) is 6.21 Å². The largest absolute Gasteiger partial charge is 0.359 e. The highest BCUT2D eigenvalue weighted by Crippen LogP contribution is 2.25. The van der Waals surface area contributed by atoms with Gasteiger partial charge < -0.3 is 4.98 Å². The van der Waals surface area contributed by atoms with Gasteiger partial charge in [0.25, 0.3) is 0 Å². The molecule has 0 radical (unpaired) electrons. The molecule has 0 bridgehead atoms. The van der Waals surface area contributed by atoms with Crippen LogP contribution in [0.4, 0.5) is 5.69 Å². The molecule has 0 atom stereocenters. The maximum absolute atomic E-state index is 10.1. The third kappa shape index (κ3) is 1.63. The first kappa shape index (κ1) is 9.16. The first-order valence-electron chi connectivity index (χ1n) is 4.34. The van der Waals surface area contributed by atoms with Crippen LogP contribution in [-0.4, -0.2) is 17.5 Å². The Kier molecular flexibility index (Phi) is 2.30. The number of H-pyrrole nitrogens is 1. The van der Waals surface area contributed by atoms with Crippen molar-refractivity contribution in [1.82, 2.24) is 4.98 Å². The molecule has 0 spiro atoms. The Morgan fingerprint density at radius 3 is 3.07 bits per heavy atom. The van der Waals surface area contributed by atoms with E-state index in [4.69, 9.17) is 5.26 Å². The fourth-order valence-corrected chi connectivity index (χ4v) is 1.40. The highest BCUT2D eigenvalue weighted by molar-refractivity contribution is 6.14. The number of aromatic amines is 1. The van der Waals surface area contributed by atoms with Crippen molar-refractivity contribution in [2.24, 2.45) is 4.99 Å². The zero-order valence-electron chi connectivity index (χ0n) is 7.77. The van der Waals surface area contributed by atoms with Crippen LogP contribution >= 0.6 is 0 Å². The van der Waals surface area contributed by atoms with Gasteiger partial charge in [0.05, 0.1) is 23.5 Å². The molecule has 1 aromatic heterocycles. The molecule has 72 valence electrons. The van der Waals surface area contributed by atoms with E-state index in [2.05, 4.69) is 16.0 Å². The number of fused-ring (bicyclic) bond motifs is 1. The average Bonchev–Trinajstić information content (AvgIpc) is 2.68. The highest BCUT2D eigenvalue weighted by Gasteiger charge is 2.02. The molecule has 1 heterocycles. The Morgan fingerprint density at radius 2 is 2.33 bits per heavy atom. The average molecular weight is 197 g/mol. The minimum Gasteiger partial charge on any atom is -0.359 e. The number of aliphatic imine (C=N–C) groups is 1. The lowest BCUT2D eigenvalue weighted by atomic mass is 10.2. The molecule has 0 aliphatic rings. The number of nitrogens with one attached hydrogen (secondary N) is 1. The van der Waals surface area contributed by atoms with E-state index in [0.29, 0.717) is 17.5 Å². The minimum atomic E-state index is 0.593. The van der Waals surface area contributed by atoms with Crippen LogP contribution in [-0.2, 0) is 4.79 Å². The lowest BCUT2D eigenvalue weighted by Gasteiger charge is -1.91. The zero-order chi connectivity index (χ0) is 10.7. The number of carbonyl (C=O) groups excluding carboxylic acids is 1. The van der Waals surface area contributed by atoms with Crippen LogP contribution in [0.25, 0.3) is 10.9 Å². The van der Waals surface area contributed by atoms with Gasteiger partial charge in [-0.05, 0) is 18.2 Å². The molecule has 0 aliphatic heterocycles. The number of hydrogen-bond donors (Lipinski definition) is 1. The van der Waals surface area contributed by atoms with Gasteiger partial charge in [0, 0.05) is 17.1 Å². The van der Waals surface area contributed by atoms with E-state index in [1.807, 2.05) is 6.07 Å². The molecule has 15 heavy (non-hydrogen) atoms. The van der Waals surface area contributed by atoms with Gasteiger partial charge in [-0.25, -0.2) is 0 Å². The molecule has 4 nitrogen and oxygen atoms in total. The van der Waals surface area contributed by atoms with Gasteiger partial charge in [-0.1, -0.05) is 0 Å². The lowest BCUT2D eigenvalue weighted by molar-refractivity contribution is -0.102. The fraction of sp³-hybridized carbons (Fsp3) is 0. The van der Waals surface area contributed by atoms with Crippen molar-refractivity contribution in [3.8, 4) is 6.07 Å². The molecule has 0 saturated heterocycles. The van der Waals surface area contributed by atoms with Gasteiger partial charge in [-0.2, -0.15) is 5.26 Å². The second-order valence-electron chi connectivity index (χ2n) is 2.96. The normalized spacial score (nSPS) is 10.6.